The van der Waals surface area contributed by atoms with Crippen LogP contribution in [0.25, 0.3) is 34.1 Å². The lowest BCUT2D eigenvalue weighted by Gasteiger charge is -2.24. The zero-order valence-electron chi connectivity index (χ0n) is 14.1. The van der Waals surface area contributed by atoms with E-state index >= 15 is 0 Å². The van der Waals surface area contributed by atoms with Crippen molar-refractivity contribution in [2.45, 2.75) is 13.8 Å². The first-order valence-electron chi connectivity index (χ1n) is 8.16. The summed E-state index contributed by atoms with van der Waals surface area (Å²) in [5.41, 5.74) is 4.89. The van der Waals surface area contributed by atoms with Crippen molar-refractivity contribution < 1.29 is 4.74 Å². The molecule has 0 saturated heterocycles. The highest BCUT2D eigenvalue weighted by Crippen LogP contribution is 2.47. The number of fused-ring (bicyclic) bond motifs is 2. The van der Waals surface area contributed by atoms with Gasteiger partial charge < -0.3 is 4.74 Å². The van der Waals surface area contributed by atoms with Crippen LogP contribution in [0.2, 0.25) is 0 Å². The minimum atomic E-state index is 0.646. The third-order valence-corrected chi connectivity index (χ3v) is 4.17. The van der Waals surface area contributed by atoms with Gasteiger partial charge in [0.2, 0.25) is 0 Å². The fraction of sp³-hybridized carbons (Fsp3) is 0.0909. The van der Waals surface area contributed by atoms with Gasteiger partial charge in [-0.1, -0.05) is 81.0 Å². The van der Waals surface area contributed by atoms with E-state index in [1.807, 2.05) is 50.3 Å². The van der Waals surface area contributed by atoms with Crippen LogP contribution in [0.3, 0.4) is 0 Å². The second kappa shape index (κ2) is 6.41. The van der Waals surface area contributed by atoms with Gasteiger partial charge in [0, 0.05) is 10.9 Å². The molecule has 1 heterocycles. The van der Waals surface area contributed by atoms with Crippen LogP contribution in [0.4, 0.5) is 0 Å². The smallest absolute Gasteiger partial charge is 0.136 e. The lowest BCUT2D eigenvalue weighted by atomic mass is 9.86. The number of benzene rings is 3. The summed E-state index contributed by atoms with van der Waals surface area (Å²) < 4.78 is 6.12. The van der Waals surface area contributed by atoms with Gasteiger partial charge in [0.05, 0.1) is 0 Å². The van der Waals surface area contributed by atoms with Gasteiger partial charge in [-0.15, -0.1) is 0 Å². The highest BCUT2D eigenvalue weighted by Gasteiger charge is 2.22. The molecule has 0 fully saturated rings. The summed E-state index contributed by atoms with van der Waals surface area (Å²) in [5, 5.41) is 2.22. The van der Waals surface area contributed by atoms with Crippen molar-refractivity contribution in [3.05, 3.63) is 66.7 Å². The first kappa shape index (κ1) is 16.1. The van der Waals surface area contributed by atoms with Gasteiger partial charge in [0.25, 0.3) is 0 Å². The molecule has 3 aromatic carbocycles. The topological polar surface area (TPSA) is 9.23 Å². The molecule has 4 rings (SSSR count). The van der Waals surface area contributed by atoms with Gasteiger partial charge in [-0.2, -0.15) is 0 Å². The maximum atomic E-state index is 6.12. The van der Waals surface area contributed by atoms with Crippen LogP contribution < -0.4 is 10.2 Å². The highest BCUT2D eigenvalue weighted by molar-refractivity contribution is 6.35. The third kappa shape index (κ3) is 2.27. The molecule has 0 aromatic heterocycles. The van der Waals surface area contributed by atoms with E-state index in [2.05, 4.69) is 31.4 Å². The Balaban J connectivity index is 0.000000815. The molecule has 1 aliphatic heterocycles. The van der Waals surface area contributed by atoms with Crippen LogP contribution in [0.1, 0.15) is 25.0 Å². The van der Waals surface area contributed by atoms with Crippen LogP contribution in [-0.4, -0.2) is 7.85 Å². The molecule has 0 unspecified atom stereocenters. The Morgan fingerprint density at radius 2 is 1.67 bits per heavy atom. The summed E-state index contributed by atoms with van der Waals surface area (Å²) in [6.45, 7) is 11.8. The van der Waals surface area contributed by atoms with Crippen LogP contribution >= 0.6 is 0 Å². The predicted octanol–water partition coefficient (Wildman–Crippen LogP) is 5.72. The molecule has 1 aliphatic rings. The minimum Gasteiger partial charge on any atom is -0.457 e. The number of hydrogen-bond donors (Lipinski definition) is 0. The van der Waals surface area contributed by atoms with Crippen molar-refractivity contribution in [2.24, 2.45) is 0 Å². The second-order valence-corrected chi connectivity index (χ2v) is 5.34. The third-order valence-electron chi connectivity index (χ3n) is 4.17. The molecule has 3 aromatic rings. The molecule has 0 N–H and O–H groups in total. The van der Waals surface area contributed by atoms with E-state index < -0.39 is 0 Å². The summed E-state index contributed by atoms with van der Waals surface area (Å²) >= 11 is 0. The fourth-order valence-corrected chi connectivity index (χ4v) is 3.18. The standard InChI is InChI=1S/C20H13BO.C2H6/c1-3-12-11-18-19-14(13(12)4-2)7-5-8-15(19)16-9-6-10-17(21)20(16)22-18;1-2/h3-11H,1-2H2;1-2H3. The van der Waals surface area contributed by atoms with Gasteiger partial charge in [0.15, 0.2) is 0 Å². The van der Waals surface area contributed by atoms with Gasteiger partial charge in [-0.05, 0) is 28.1 Å². The van der Waals surface area contributed by atoms with Crippen LogP contribution in [-0.2, 0) is 0 Å². The van der Waals surface area contributed by atoms with Crippen LogP contribution in [0.5, 0.6) is 11.5 Å². The molecule has 2 heteroatoms. The molecule has 2 radical (unpaired) electrons. The summed E-state index contributed by atoms with van der Waals surface area (Å²) in [5.74, 6) is 1.54. The molecule has 1 nitrogen and oxygen atoms in total. The van der Waals surface area contributed by atoms with Crippen molar-refractivity contribution in [3.8, 4) is 22.6 Å². The number of ether oxygens (including phenoxy) is 1. The summed E-state index contributed by atoms with van der Waals surface area (Å²) in [7, 11) is 6.09. The van der Waals surface area contributed by atoms with Gasteiger partial charge in [-0.3, -0.25) is 0 Å². The Bertz CT molecular complexity index is 954. The zero-order valence-corrected chi connectivity index (χ0v) is 14.1. The summed E-state index contributed by atoms with van der Waals surface area (Å²) in [4.78, 5) is 0. The summed E-state index contributed by atoms with van der Waals surface area (Å²) in [6, 6.07) is 14.1. The van der Waals surface area contributed by atoms with E-state index in [0.717, 1.165) is 44.5 Å². The maximum absolute atomic E-state index is 6.12. The lowest BCUT2D eigenvalue weighted by Crippen LogP contribution is -2.10. The van der Waals surface area contributed by atoms with Crippen LogP contribution in [0, 0.1) is 0 Å². The molecule has 0 atom stereocenters. The minimum absolute atomic E-state index is 0.646. The van der Waals surface area contributed by atoms with Crippen LogP contribution in [0.15, 0.2) is 55.6 Å². The fourth-order valence-electron chi connectivity index (χ4n) is 3.18. The number of rotatable bonds is 2. The monoisotopic (exact) mass is 310 g/mol. The van der Waals surface area contributed by atoms with Gasteiger partial charge in [0.1, 0.15) is 19.3 Å². The maximum Gasteiger partial charge on any atom is 0.136 e. The van der Waals surface area contributed by atoms with E-state index in [4.69, 9.17) is 12.6 Å². The van der Waals surface area contributed by atoms with E-state index in [1.54, 1.807) is 0 Å². The summed E-state index contributed by atoms with van der Waals surface area (Å²) in [6.07, 6.45) is 3.70. The highest BCUT2D eigenvalue weighted by atomic mass is 16.5. The Labute approximate surface area is 144 Å². The van der Waals surface area contributed by atoms with Crippen molar-refractivity contribution in [3.63, 3.8) is 0 Å². The van der Waals surface area contributed by atoms with Gasteiger partial charge in [-0.25, -0.2) is 0 Å². The average molecular weight is 310 g/mol. The molecule has 0 saturated carbocycles. The average Bonchev–Trinajstić information content (AvgIpc) is 2.64. The van der Waals surface area contributed by atoms with E-state index in [-0.39, 0.29) is 0 Å². The van der Waals surface area contributed by atoms with E-state index in [1.165, 1.54) is 0 Å². The number of para-hydroxylation sites is 1. The molecular weight excluding hydrogens is 291 g/mol. The largest absolute Gasteiger partial charge is 0.457 e. The first-order valence-corrected chi connectivity index (χ1v) is 8.16. The number of hydrogen-bond acceptors (Lipinski definition) is 1. The molecule has 0 amide bonds. The SMILES string of the molecule is CC.[B]c1cccc2c1Oc1cc(C=C)c(C=C)c3cccc-2c13. The van der Waals surface area contributed by atoms with Gasteiger partial charge >= 0.3 is 0 Å². The predicted molar refractivity (Wildman–Crippen MR) is 106 cm³/mol. The zero-order chi connectivity index (χ0) is 17.3. The Kier molecular flexibility index (Phi) is 4.31. The molecule has 116 valence electrons. The first-order chi connectivity index (χ1) is 11.7. The van der Waals surface area contributed by atoms with Crippen molar-refractivity contribution >= 4 is 36.2 Å². The van der Waals surface area contributed by atoms with E-state index in [0.29, 0.717) is 5.46 Å². The van der Waals surface area contributed by atoms with Crippen molar-refractivity contribution in [1.29, 1.82) is 0 Å². The molecule has 0 bridgehead atoms. The Hall–Kier alpha value is -2.74. The second-order valence-electron chi connectivity index (χ2n) is 5.34. The molecule has 0 aliphatic carbocycles. The normalized spacial score (nSPS) is 10.9. The molecule has 0 spiro atoms. The molecular formula is C22H19BO. The Morgan fingerprint density at radius 3 is 2.38 bits per heavy atom. The quantitative estimate of drug-likeness (QED) is 0.430. The van der Waals surface area contributed by atoms with Crippen molar-refractivity contribution in [1.82, 2.24) is 0 Å². The van der Waals surface area contributed by atoms with E-state index in [9.17, 15) is 0 Å². The molecule has 24 heavy (non-hydrogen) atoms. The Morgan fingerprint density at radius 1 is 0.958 bits per heavy atom. The lowest BCUT2D eigenvalue weighted by molar-refractivity contribution is 0.491. The van der Waals surface area contributed by atoms with Crippen molar-refractivity contribution in [2.75, 3.05) is 0 Å².